The van der Waals surface area contributed by atoms with Gasteiger partial charge in [0.25, 0.3) is 5.56 Å². The van der Waals surface area contributed by atoms with Crippen LogP contribution < -0.4 is 16.2 Å². The van der Waals surface area contributed by atoms with Gasteiger partial charge in [0.1, 0.15) is 29.1 Å². The van der Waals surface area contributed by atoms with Crippen LogP contribution in [0, 0.1) is 22.7 Å². The quantitative estimate of drug-likeness (QED) is 0.796. The van der Waals surface area contributed by atoms with Crippen molar-refractivity contribution in [3.8, 4) is 23.3 Å². The summed E-state index contributed by atoms with van der Waals surface area (Å²) < 4.78 is 6.03. The van der Waals surface area contributed by atoms with E-state index in [1.54, 1.807) is 6.07 Å². The molecule has 3 N–H and O–H groups in total. The molecule has 0 atom stereocenters. The highest BCUT2D eigenvalue weighted by atomic mass is 79.9. The van der Waals surface area contributed by atoms with Crippen molar-refractivity contribution < 1.29 is 4.74 Å². The molecule has 1 fully saturated rings. The van der Waals surface area contributed by atoms with Gasteiger partial charge in [-0.1, -0.05) is 22.0 Å². The summed E-state index contributed by atoms with van der Waals surface area (Å²) in [6.07, 6.45) is 0. The molecule has 0 saturated carbocycles. The van der Waals surface area contributed by atoms with Crippen LogP contribution in [-0.2, 0) is 4.74 Å². The van der Waals surface area contributed by atoms with Crippen LogP contribution in [0.1, 0.15) is 11.1 Å². The fraction of sp³-hybridized carbons (Fsp3) is 0.235. The van der Waals surface area contributed by atoms with Crippen LogP contribution in [0.3, 0.4) is 0 Å². The SMILES string of the molecule is N#Cc1c(N)[nH]c(=O)c(C#N)c1-c1ccc(N2CCOCC2)cc1Br. The molecule has 0 amide bonds. The van der Waals surface area contributed by atoms with Crippen LogP contribution >= 0.6 is 15.9 Å². The second-order valence-corrected chi connectivity index (χ2v) is 6.33. The lowest BCUT2D eigenvalue weighted by molar-refractivity contribution is 0.122. The number of nitrogens with one attached hydrogen (secondary N) is 1. The Balaban J connectivity index is 2.16. The molecule has 1 aromatic heterocycles. The number of nitriles is 2. The van der Waals surface area contributed by atoms with Crippen LogP contribution in [0.25, 0.3) is 11.1 Å². The van der Waals surface area contributed by atoms with E-state index in [9.17, 15) is 15.3 Å². The molecular formula is C17H14BrN5O2. The van der Waals surface area contributed by atoms with Gasteiger partial charge in [0.05, 0.1) is 13.2 Å². The maximum absolute atomic E-state index is 12.1. The number of aromatic nitrogens is 1. The number of pyridine rings is 1. The molecule has 25 heavy (non-hydrogen) atoms. The van der Waals surface area contributed by atoms with E-state index in [1.807, 2.05) is 24.3 Å². The average Bonchev–Trinajstić information content (AvgIpc) is 2.62. The molecule has 8 heteroatoms. The third-order valence-electron chi connectivity index (χ3n) is 4.07. The maximum atomic E-state index is 12.1. The number of rotatable bonds is 2. The van der Waals surface area contributed by atoms with Gasteiger partial charge < -0.3 is 20.4 Å². The number of anilines is 2. The van der Waals surface area contributed by atoms with E-state index in [4.69, 9.17) is 10.5 Å². The summed E-state index contributed by atoms with van der Waals surface area (Å²) in [5.74, 6) is -0.0503. The molecule has 0 bridgehead atoms. The molecule has 1 saturated heterocycles. The number of H-pyrrole nitrogens is 1. The van der Waals surface area contributed by atoms with Crippen molar-refractivity contribution in [2.75, 3.05) is 36.9 Å². The van der Waals surface area contributed by atoms with Crippen molar-refractivity contribution in [1.29, 1.82) is 10.5 Å². The molecule has 0 aliphatic carbocycles. The van der Waals surface area contributed by atoms with Crippen LogP contribution in [0.15, 0.2) is 27.5 Å². The first-order valence-electron chi connectivity index (χ1n) is 7.55. The lowest BCUT2D eigenvalue weighted by Crippen LogP contribution is -2.36. The number of ether oxygens (including phenoxy) is 1. The van der Waals surface area contributed by atoms with E-state index in [0.29, 0.717) is 23.2 Å². The minimum Gasteiger partial charge on any atom is -0.384 e. The first-order valence-corrected chi connectivity index (χ1v) is 8.34. The summed E-state index contributed by atoms with van der Waals surface area (Å²) in [4.78, 5) is 16.6. The number of halogens is 1. The number of benzene rings is 1. The van der Waals surface area contributed by atoms with Gasteiger partial charge in [0, 0.05) is 28.8 Å². The molecular weight excluding hydrogens is 386 g/mol. The molecule has 1 aliphatic heterocycles. The smallest absolute Gasteiger partial charge is 0.268 e. The van der Waals surface area contributed by atoms with E-state index >= 15 is 0 Å². The minimum atomic E-state index is -0.613. The number of morpholine rings is 1. The number of nitrogens with two attached hydrogens (primary N) is 1. The predicted molar refractivity (Wildman–Crippen MR) is 97.1 cm³/mol. The van der Waals surface area contributed by atoms with Gasteiger partial charge in [0.2, 0.25) is 0 Å². The number of aromatic amines is 1. The van der Waals surface area contributed by atoms with Crippen molar-refractivity contribution in [2.45, 2.75) is 0 Å². The maximum Gasteiger partial charge on any atom is 0.268 e. The molecule has 0 radical (unpaired) electrons. The van der Waals surface area contributed by atoms with E-state index in [1.165, 1.54) is 0 Å². The van der Waals surface area contributed by atoms with Crippen LogP contribution in [-0.4, -0.2) is 31.3 Å². The summed E-state index contributed by atoms with van der Waals surface area (Å²) in [7, 11) is 0. The number of hydrogen-bond acceptors (Lipinski definition) is 6. The van der Waals surface area contributed by atoms with Gasteiger partial charge in [-0.3, -0.25) is 4.79 Å². The standard InChI is InChI=1S/C17H14BrN5O2/c18-14-7-10(23-3-5-25-6-4-23)1-2-11(14)15-12(8-19)16(21)22-17(24)13(15)9-20/h1-2,7H,3-6H2,(H3,21,22,24). The van der Waals surface area contributed by atoms with Crippen LogP contribution in [0.4, 0.5) is 11.5 Å². The van der Waals surface area contributed by atoms with Gasteiger partial charge >= 0.3 is 0 Å². The zero-order chi connectivity index (χ0) is 18.0. The molecule has 0 spiro atoms. The third-order valence-corrected chi connectivity index (χ3v) is 4.72. The number of hydrogen-bond donors (Lipinski definition) is 2. The van der Waals surface area contributed by atoms with Crippen molar-refractivity contribution in [3.63, 3.8) is 0 Å². The fourth-order valence-electron chi connectivity index (χ4n) is 2.84. The highest BCUT2D eigenvalue weighted by molar-refractivity contribution is 9.10. The van der Waals surface area contributed by atoms with Gasteiger partial charge in [-0.15, -0.1) is 0 Å². The predicted octanol–water partition coefficient (Wildman–Crippen LogP) is 1.97. The van der Waals surface area contributed by atoms with E-state index < -0.39 is 5.56 Å². The Hall–Kier alpha value is -2.81. The Labute approximate surface area is 152 Å². The minimum absolute atomic E-state index is 0.0503. The lowest BCUT2D eigenvalue weighted by atomic mass is 9.96. The fourth-order valence-corrected chi connectivity index (χ4v) is 3.40. The van der Waals surface area contributed by atoms with Crippen molar-refractivity contribution >= 4 is 27.4 Å². The van der Waals surface area contributed by atoms with E-state index in [-0.39, 0.29) is 22.5 Å². The Morgan fingerprint density at radius 2 is 1.88 bits per heavy atom. The topological polar surface area (TPSA) is 119 Å². The van der Waals surface area contributed by atoms with Gasteiger partial charge in [0.15, 0.2) is 0 Å². The van der Waals surface area contributed by atoms with Gasteiger partial charge in [-0.05, 0) is 17.7 Å². The lowest BCUT2D eigenvalue weighted by Gasteiger charge is -2.29. The van der Waals surface area contributed by atoms with E-state index in [0.717, 1.165) is 18.8 Å². The largest absolute Gasteiger partial charge is 0.384 e. The van der Waals surface area contributed by atoms with E-state index in [2.05, 4.69) is 25.8 Å². The summed E-state index contributed by atoms with van der Waals surface area (Å²) in [5, 5.41) is 18.8. The highest BCUT2D eigenvalue weighted by Crippen LogP contribution is 2.36. The second kappa shape index (κ2) is 6.98. The number of nitrogen functional groups attached to an aromatic ring is 1. The van der Waals surface area contributed by atoms with Crippen LogP contribution in [0.2, 0.25) is 0 Å². The Kier molecular flexibility index (Phi) is 4.75. The summed E-state index contributed by atoms with van der Waals surface area (Å²) in [5.41, 5.74) is 6.91. The molecule has 1 aromatic carbocycles. The first kappa shape index (κ1) is 17.0. The summed E-state index contributed by atoms with van der Waals surface area (Å²) in [6.45, 7) is 2.91. The normalized spacial score (nSPS) is 14.0. The summed E-state index contributed by atoms with van der Waals surface area (Å²) >= 11 is 3.50. The zero-order valence-electron chi connectivity index (χ0n) is 13.2. The van der Waals surface area contributed by atoms with Gasteiger partial charge in [-0.25, -0.2) is 0 Å². The third kappa shape index (κ3) is 3.10. The molecule has 7 nitrogen and oxygen atoms in total. The monoisotopic (exact) mass is 399 g/mol. The average molecular weight is 400 g/mol. The molecule has 126 valence electrons. The van der Waals surface area contributed by atoms with Crippen molar-refractivity contribution in [1.82, 2.24) is 4.98 Å². The Morgan fingerprint density at radius 1 is 1.20 bits per heavy atom. The highest BCUT2D eigenvalue weighted by Gasteiger charge is 2.21. The molecule has 2 heterocycles. The Bertz CT molecular complexity index is 965. The number of nitrogens with zero attached hydrogens (tertiary/aromatic N) is 3. The molecule has 0 unspecified atom stereocenters. The molecule has 2 aromatic rings. The first-order chi connectivity index (χ1) is 12.1. The molecule has 3 rings (SSSR count). The Morgan fingerprint density at radius 3 is 2.48 bits per heavy atom. The zero-order valence-corrected chi connectivity index (χ0v) is 14.8. The van der Waals surface area contributed by atoms with Gasteiger partial charge in [-0.2, -0.15) is 10.5 Å². The second-order valence-electron chi connectivity index (χ2n) is 5.48. The van der Waals surface area contributed by atoms with Crippen LogP contribution in [0.5, 0.6) is 0 Å². The van der Waals surface area contributed by atoms with Crippen molar-refractivity contribution in [3.05, 3.63) is 44.2 Å². The molecule has 1 aliphatic rings. The van der Waals surface area contributed by atoms with Crippen molar-refractivity contribution in [2.24, 2.45) is 0 Å². The summed E-state index contributed by atoms with van der Waals surface area (Å²) in [6, 6.07) is 9.43.